The minimum atomic E-state index is -0.266. The molecule has 2 aromatic carbocycles. The van der Waals surface area contributed by atoms with Crippen molar-refractivity contribution in [2.24, 2.45) is 7.05 Å². The molecule has 3 aromatic rings. The zero-order chi connectivity index (χ0) is 20.1. The molecule has 1 aromatic heterocycles. The number of nitrogens with zero attached hydrogens (tertiary/aromatic N) is 3. The highest BCUT2D eigenvalue weighted by Crippen LogP contribution is 2.25. The molecule has 8 heteroatoms. The van der Waals surface area contributed by atoms with Crippen molar-refractivity contribution in [1.29, 1.82) is 0 Å². The van der Waals surface area contributed by atoms with Gasteiger partial charge in [-0.05, 0) is 43.7 Å². The molecule has 3 rings (SSSR count). The Labute approximate surface area is 173 Å². The van der Waals surface area contributed by atoms with Crippen LogP contribution in [0.3, 0.4) is 0 Å². The van der Waals surface area contributed by atoms with Crippen LogP contribution < -0.4 is 10.1 Å². The van der Waals surface area contributed by atoms with E-state index in [4.69, 9.17) is 16.3 Å². The van der Waals surface area contributed by atoms with E-state index in [0.717, 1.165) is 11.3 Å². The van der Waals surface area contributed by atoms with Gasteiger partial charge >= 0.3 is 0 Å². The molecular weight excluding hydrogens is 396 g/mol. The normalized spacial score (nSPS) is 11.9. The van der Waals surface area contributed by atoms with Gasteiger partial charge in [-0.1, -0.05) is 47.6 Å². The number of nitrogens with one attached hydrogen (secondary N) is 1. The molecule has 28 heavy (non-hydrogen) atoms. The number of aromatic nitrogens is 3. The van der Waals surface area contributed by atoms with Gasteiger partial charge in [0.15, 0.2) is 17.1 Å². The van der Waals surface area contributed by atoms with Crippen LogP contribution in [0.5, 0.6) is 5.75 Å². The highest BCUT2D eigenvalue weighted by molar-refractivity contribution is 7.99. The van der Waals surface area contributed by atoms with Crippen LogP contribution in [0.2, 0.25) is 5.02 Å². The second kappa shape index (κ2) is 9.12. The first kappa shape index (κ1) is 20.2. The average molecular weight is 417 g/mol. The largest absolute Gasteiger partial charge is 0.483 e. The highest BCUT2D eigenvalue weighted by atomic mass is 35.5. The topological polar surface area (TPSA) is 69.0 Å². The molecule has 0 aliphatic rings. The fourth-order valence-corrected chi connectivity index (χ4v) is 3.51. The number of para-hydroxylation sites is 1. The third-order valence-corrected chi connectivity index (χ3v) is 5.59. The molecule has 0 fully saturated rings. The van der Waals surface area contributed by atoms with Crippen molar-refractivity contribution >= 4 is 35.0 Å². The van der Waals surface area contributed by atoms with Gasteiger partial charge in [0.25, 0.3) is 0 Å². The molecule has 0 spiro atoms. The van der Waals surface area contributed by atoms with Crippen LogP contribution in [0.4, 0.5) is 5.69 Å². The number of thioether (sulfide) groups is 1. The predicted octanol–water partition coefficient (Wildman–Crippen LogP) is 4.65. The predicted molar refractivity (Wildman–Crippen MR) is 112 cm³/mol. The molecule has 0 aliphatic carbocycles. The van der Waals surface area contributed by atoms with Crippen molar-refractivity contribution in [3.05, 3.63) is 64.9 Å². The summed E-state index contributed by atoms with van der Waals surface area (Å²) in [7, 11) is 1.86. The van der Waals surface area contributed by atoms with Gasteiger partial charge in [0.1, 0.15) is 5.75 Å². The van der Waals surface area contributed by atoms with Crippen molar-refractivity contribution in [2.45, 2.75) is 25.1 Å². The summed E-state index contributed by atoms with van der Waals surface area (Å²) in [5.74, 6) is 1.54. The number of carbonyl (C=O) groups is 1. The van der Waals surface area contributed by atoms with Gasteiger partial charge in [-0.25, -0.2) is 0 Å². The zero-order valence-corrected chi connectivity index (χ0v) is 17.4. The molecule has 0 aliphatic heterocycles. The summed E-state index contributed by atoms with van der Waals surface area (Å²) in [6, 6.07) is 15.0. The maximum Gasteiger partial charge on any atom is 0.234 e. The summed E-state index contributed by atoms with van der Waals surface area (Å²) >= 11 is 7.41. The molecule has 1 unspecified atom stereocenters. The van der Waals surface area contributed by atoms with Gasteiger partial charge in [-0.15, -0.1) is 10.2 Å². The fraction of sp³-hybridized carbons (Fsp3) is 0.250. The second-order valence-corrected chi connectivity index (χ2v) is 7.57. The second-order valence-electron chi connectivity index (χ2n) is 6.22. The Kier molecular flexibility index (Phi) is 6.59. The molecule has 0 bridgehead atoms. The van der Waals surface area contributed by atoms with E-state index >= 15 is 0 Å². The Balaban J connectivity index is 1.59. The quantitative estimate of drug-likeness (QED) is 0.568. The number of amides is 1. The van der Waals surface area contributed by atoms with E-state index < -0.39 is 0 Å². The summed E-state index contributed by atoms with van der Waals surface area (Å²) in [6.07, 6.45) is -0.266. The van der Waals surface area contributed by atoms with Gasteiger partial charge in [0.05, 0.1) is 5.75 Å². The van der Waals surface area contributed by atoms with E-state index in [-0.39, 0.29) is 17.8 Å². The van der Waals surface area contributed by atoms with Crippen LogP contribution in [0, 0.1) is 6.92 Å². The summed E-state index contributed by atoms with van der Waals surface area (Å²) in [5, 5.41) is 12.5. The van der Waals surface area contributed by atoms with E-state index in [1.807, 2.05) is 61.9 Å². The molecular formula is C20H21ClN4O2S. The molecule has 0 saturated heterocycles. The molecule has 1 atom stereocenters. The SMILES string of the molecule is Cc1c(Cl)cccc1NC(=O)CSc1nnc(C(C)Oc2ccccc2)n1C. The van der Waals surface area contributed by atoms with E-state index in [2.05, 4.69) is 15.5 Å². The van der Waals surface area contributed by atoms with Gasteiger partial charge in [0.2, 0.25) is 5.91 Å². The lowest BCUT2D eigenvalue weighted by Crippen LogP contribution is -2.15. The molecule has 1 heterocycles. The number of hydrogen-bond donors (Lipinski definition) is 1. The van der Waals surface area contributed by atoms with Crippen LogP contribution in [0.1, 0.15) is 24.4 Å². The lowest BCUT2D eigenvalue weighted by atomic mass is 10.2. The molecule has 0 saturated carbocycles. The standard InChI is InChI=1S/C20H21ClN4O2S/c1-13-16(21)10-7-11-17(13)22-18(26)12-28-20-24-23-19(25(20)3)14(2)27-15-8-5-4-6-9-15/h4-11,14H,12H2,1-3H3,(H,22,26). The molecule has 0 radical (unpaired) electrons. The number of rotatable bonds is 7. The first-order valence-electron chi connectivity index (χ1n) is 8.74. The highest BCUT2D eigenvalue weighted by Gasteiger charge is 2.18. The number of benzene rings is 2. The van der Waals surface area contributed by atoms with Gasteiger partial charge in [-0.3, -0.25) is 4.79 Å². The van der Waals surface area contributed by atoms with Crippen LogP contribution >= 0.6 is 23.4 Å². The van der Waals surface area contributed by atoms with Crippen LogP contribution in [0.15, 0.2) is 53.7 Å². The Bertz CT molecular complexity index is 962. The molecule has 6 nitrogen and oxygen atoms in total. The summed E-state index contributed by atoms with van der Waals surface area (Å²) < 4.78 is 7.74. The first-order valence-corrected chi connectivity index (χ1v) is 10.1. The van der Waals surface area contributed by atoms with Gasteiger partial charge in [0, 0.05) is 17.8 Å². The van der Waals surface area contributed by atoms with Gasteiger partial charge < -0.3 is 14.6 Å². The number of ether oxygens (including phenoxy) is 1. The Morgan fingerprint density at radius 3 is 2.71 bits per heavy atom. The van der Waals surface area contributed by atoms with Gasteiger partial charge in [-0.2, -0.15) is 0 Å². The third-order valence-electron chi connectivity index (χ3n) is 4.16. The van der Waals surface area contributed by atoms with E-state index in [9.17, 15) is 4.79 Å². The summed E-state index contributed by atoms with van der Waals surface area (Å²) in [6.45, 7) is 3.79. The smallest absolute Gasteiger partial charge is 0.234 e. The Morgan fingerprint density at radius 2 is 1.96 bits per heavy atom. The number of carbonyl (C=O) groups excluding carboxylic acids is 1. The maximum atomic E-state index is 12.3. The monoisotopic (exact) mass is 416 g/mol. The van der Waals surface area contributed by atoms with Crippen molar-refractivity contribution in [3.63, 3.8) is 0 Å². The van der Waals surface area contributed by atoms with Crippen LogP contribution in [-0.4, -0.2) is 26.4 Å². The van der Waals surface area contributed by atoms with E-state index in [1.165, 1.54) is 11.8 Å². The summed E-state index contributed by atoms with van der Waals surface area (Å²) in [4.78, 5) is 12.3. The summed E-state index contributed by atoms with van der Waals surface area (Å²) in [5.41, 5.74) is 1.55. The fourth-order valence-electron chi connectivity index (χ4n) is 2.62. The maximum absolute atomic E-state index is 12.3. The zero-order valence-electron chi connectivity index (χ0n) is 15.8. The first-order chi connectivity index (χ1) is 13.5. The van der Waals surface area contributed by atoms with Crippen molar-refractivity contribution in [2.75, 3.05) is 11.1 Å². The molecule has 1 N–H and O–H groups in total. The lowest BCUT2D eigenvalue weighted by Gasteiger charge is -2.14. The Hall–Kier alpha value is -2.51. The van der Waals surface area contributed by atoms with E-state index in [0.29, 0.717) is 21.7 Å². The Morgan fingerprint density at radius 1 is 1.21 bits per heavy atom. The van der Waals surface area contributed by atoms with Crippen molar-refractivity contribution in [1.82, 2.24) is 14.8 Å². The lowest BCUT2D eigenvalue weighted by molar-refractivity contribution is -0.113. The minimum absolute atomic E-state index is 0.131. The number of halogens is 1. The molecule has 146 valence electrons. The molecule has 1 amide bonds. The van der Waals surface area contributed by atoms with Crippen LogP contribution in [0.25, 0.3) is 0 Å². The minimum Gasteiger partial charge on any atom is -0.483 e. The van der Waals surface area contributed by atoms with Crippen LogP contribution in [-0.2, 0) is 11.8 Å². The van der Waals surface area contributed by atoms with Crippen molar-refractivity contribution < 1.29 is 9.53 Å². The number of hydrogen-bond acceptors (Lipinski definition) is 5. The average Bonchev–Trinajstić information content (AvgIpc) is 3.05. The van der Waals surface area contributed by atoms with E-state index in [1.54, 1.807) is 12.1 Å². The van der Waals surface area contributed by atoms with Crippen molar-refractivity contribution in [3.8, 4) is 5.75 Å². The number of anilines is 1. The third kappa shape index (κ3) is 4.85.